The van der Waals surface area contributed by atoms with E-state index in [0.717, 1.165) is 23.4 Å². The summed E-state index contributed by atoms with van der Waals surface area (Å²) < 4.78 is 0. The van der Waals surface area contributed by atoms with E-state index in [0.29, 0.717) is 5.25 Å². The molecule has 0 aliphatic heterocycles. The van der Waals surface area contributed by atoms with E-state index in [9.17, 15) is 5.26 Å². The lowest BCUT2D eigenvalue weighted by Crippen LogP contribution is -2.11. The fraction of sp³-hybridized carbons (Fsp3) is 0.625. The number of nitrogens with zero attached hydrogens (tertiary/aromatic N) is 2. The summed E-state index contributed by atoms with van der Waals surface area (Å²) in [6.07, 6.45) is 11.3. The van der Waals surface area contributed by atoms with E-state index < -0.39 is 0 Å². The fourth-order valence-corrected chi connectivity index (χ4v) is 4.40. The van der Waals surface area contributed by atoms with Gasteiger partial charge in [0.25, 0.3) is 0 Å². The second kappa shape index (κ2) is 5.96. The molecule has 19 heavy (non-hydrogen) atoms. The molecular formula is C16H20N2S. The van der Waals surface area contributed by atoms with E-state index in [4.69, 9.17) is 4.98 Å². The van der Waals surface area contributed by atoms with Crippen molar-refractivity contribution in [1.82, 2.24) is 4.98 Å². The maximum atomic E-state index is 9.35. The summed E-state index contributed by atoms with van der Waals surface area (Å²) in [5.41, 5.74) is 3.37. The summed E-state index contributed by atoms with van der Waals surface area (Å²) in [6.45, 7) is 0. The minimum Gasteiger partial charge on any atom is -0.245 e. The van der Waals surface area contributed by atoms with Gasteiger partial charge in [-0.1, -0.05) is 19.3 Å². The Morgan fingerprint density at radius 3 is 2.68 bits per heavy atom. The van der Waals surface area contributed by atoms with Gasteiger partial charge in [0.05, 0.1) is 5.56 Å². The SMILES string of the molecule is N#Cc1cc2c(nc1SC1CCCCC1)CCCC2. The third-order valence-electron chi connectivity index (χ3n) is 4.22. The van der Waals surface area contributed by atoms with Gasteiger partial charge < -0.3 is 0 Å². The van der Waals surface area contributed by atoms with E-state index in [1.54, 1.807) is 0 Å². The van der Waals surface area contributed by atoms with Crippen LogP contribution in [0, 0.1) is 11.3 Å². The molecule has 2 aliphatic rings. The van der Waals surface area contributed by atoms with Crippen molar-refractivity contribution in [2.24, 2.45) is 0 Å². The summed E-state index contributed by atoms with van der Waals surface area (Å²) in [5, 5.41) is 11.0. The molecule has 3 rings (SSSR count). The van der Waals surface area contributed by atoms with Crippen LogP contribution in [0.25, 0.3) is 0 Å². The Bertz CT molecular complexity index is 498. The van der Waals surface area contributed by atoms with Crippen LogP contribution in [-0.2, 0) is 12.8 Å². The predicted molar refractivity (Wildman–Crippen MR) is 78.3 cm³/mol. The minimum absolute atomic E-state index is 0.676. The van der Waals surface area contributed by atoms with Crippen LogP contribution in [0.3, 0.4) is 0 Å². The van der Waals surface area contributed by atoms with Crippen LogP contribution in [0.4, 0.5) is 0 Å². The van der Waals surface area contributed by atoms with Crippen molar-refractivity contribution in [2.45, 2.75) is 68.1 Å². The van der Waals surface area contributed by atoms with Gasteiger partial charge in [-0.15, -0.1) is 11.8 Å². The predicted octanol–water partition coefficient (Wildman–Crippen LogP) is 4.26. The number of pyridine rings is 1. The normalized spacial score (nSPS) is 19.7. The lowest BCUT2D eigenvalue weighted by molar-refractivity contribution is 0.515. The number of aryl methyl sites for hydroxylation is 2. The van der Waals surface area contributed by atoms with Crippen LogP contribution in [-0.4, -0.2) is 10.2 Å². The highest BCUT2D eigenvalue weighted by molar-refractivity contribution is 7.99. The van der Waals surface area contributed by atoms with Crippen molar-refractivity contribution < 1.29 is 0 Å². The molecule has 1 heterocycles. The first-order chi connectivity index (χ1) is 9.36. The third-order valence-corrected chi connectivity index (χ3v) is 5.56. The maximum Gasteiger partial charge on any atom is 0.114 e. The first-order valence-electron chi connectivity index (χ1n) is 7.46. The zero-order valence-electron chi connectivity index (χ0n) is 11.3. The molecular weight excluding hydrogens is 252 g/mol. The third kappa shape index (κ3) is 2.95. The molecule has 2 nitrogen and oxygen atoms in total. The van der Waals surface area contributed by atoms with E-state index in [2.05, 4.69) is 12.1 Å². The Kier molecular flexibility index (Phi) is 4.08. The van der Waals surface area contributed by atoms with Gasteiger partial charge in [0.2, 0.25) is 0 Å². The van der Waals surface area contributed by atoms with Crippen molar-refractivity contribution in [1.29, 1.82) is 5.26 Å². The molecule has 1 aromatic rings. The number of aromatic nitrogens is 1. The highest BCUT2D eigenvalue weighted by Gasteiger charge is 2.20. The van der Waals surface area contributed by atoms with Crippen molar-refractivity contribution in [3.63, 3.8) is 0 Å². The average molecular weight is 272 g/mol. The largest absolute Gasteiger partial charge is 0.245 e. The monoisotopic (exact) mass is 272 g/mol. The van der Waals surface area contributed by atoms with Crippen molar-refractivity contribution in [3.05, 3.63) is 22.9 Å². The molecule has 3 heteroatoms. The van der Waals surface area contributed by atoms with Crippen LogP contribution in [0.2, 0.25) is 0 Å². The fourth-order valence-electron chi connectivity index (χ4n) is 3.13. The second-order valence-electron chi connectivity index (χ2n) is 5.64. The number of nitriles is 1. The zero-order valence-corrected chi connectivity index (χ0v) is 12.1. The van der Waals surface area contributed by atoms with Crippen LogP contribution < -0.4 is 0 Å². The van der Waals surface area contributed by atoms with Crippen molar-refractivity contribution >= 4 is 11.8 Å². The van der Waals surface area contributed by atoms with Crippen LogP contribution in [0.1, 0.15) is 61.8 Å². The van der Waals surface area contributed by atoms with Crippen LogP contribution in [0.5, 0.6) is 0 Å². The standard InChI is InChI=1S/C16H20N2S/c17-11-13-10-12-6-4-5-9-15(12)18-16(13)19-14-7-2-1-3-8-14/h10,14H,1-9H2. The lowest BCUT2D eigenvalue weighted by atomic mass is 9.95. The molecule has 0 atom stereocenters. The number of thioether (sulfide) groups is 1. The smallest absolute Gasteiger partial charge is 0.114 e. The molecule has 0 radical (unpaired) electrons. The van der Waals surface area contributed by atoms with E-state index in [1.807, 2.05) is 11.8 Å². The van der Waals surface area contributed by atoms with Gasteiger partial charge in [0.15, 0.2) is 0 Å². The molecule has 0 bridgehead atoms. The Morgan fingerprint density at radius 1 is 1.11 bits per heavy atom. The number of hydrogen-bond acceptors (Lipinski definition) is 3. The highest BCUT2D eigenvalue weighted by Crippen LogP contribution is 2.35. The van der Waals surface area contributed by atoms with Gasteiger partial charge in [-0.3, -0.25) is 0 Å². The quantitative estimate of drug-likeness (QED) is 0.807. The molecule has 2 aliphatic carbocycles. The van der Waals surface area contributed by atoms with Gasteiger partial charge in [0.1, 0.15) is 11.1 Å². The van der Waals surface area contributed by atoms with Crippen molar-refractivity contribution in [3.8, 4) is 6.07 Å². The summed E-state index contributed by atoms with van der Waals surface area (Å²) in [6, 6.07) is 4.46. The topological polar surface area (TPSA) is 36.7 Å². The van der Waals surface area contributed by atoms with E-state index >= 15 is 0 Å². The Balaban J connectivity index is 1.84. The van der Waals surface area contributed by atoms with Gasteiger partial charge in [0, 0.05) is 10.9 Å². The summed E-state index contributed by atoms with van der Waals surface area (Å²) >= 11 is 1.85. The number of fused-ring (bicyclic) bond motifs is 1. The minimum atomic E-state index is 0.676. The van der Waals surface area contributed by atoms with E-state index in [1.165, 1.54) is 56.2 Å². The average Bonchev–Trinajstić information content (AvgIpc) is 2.47. The highest BCUT2D eigenvalue weighted by atomic mass is 32.2. The Morgan fingerprint density at radius 2 is 1.89 bits per heavy atom. The molecule has 1 saturated carbocycles. The molecule has 0 N–H and O–H groups in total. The molecule has 0 unspecified atom stereocenters. The molecule has 0 aromatic carbocycles. The number of hydrogen-bond donors (Lipinski definition) is 0. The molecule has 1 aromatic heterocycles. The summed E-state index contributed by atoms with van der Waals surface area (Å²) in [7, 11) is 0. The van der Waals surface area contributed by atoms with E-state index in [-0.39, 0.29) is 0 Å². The summed E-state index contributed by atoms with van der Waals surface area (Å²) in [4.78, 5) is 4.82. The Labute approximate surface area is 119 Å². The van der Waals surface area contributed by atoms with Crippen LogP contribution >= 0.6 is 11.8 Å². The first kappa shape index (κ1) is 13.0. The first-order valence-corrected chi connectivity index (χ1v) is 8.34. The molecule has 1 fully saturated rings. The molecule has 0 spiro atoms. The van der Waals surface area contributed by atoms with Gasteiger partial charge in [-0.25, -0.2) is 4.98 Å². The van der Waals surface area contributed by atoms with Crippen molar-refractivity contribution in [2.75, 3.05) is 0 Å². The van der Waals surface area contributed by atoms with Gasteiger partial charge >= 0.3 is 0 Å². The van der Waals surface area contributed by atoms with Crippen LogP contribution in [0.15, 0.2) is 11.1 Å². The summed E-state index contributed by atoms with van der Waals surface area (Å²) in [5.74, 6) is 0. The molecule has 0 saturated heterocycles. The molecule has 0 amide bonds. The number of rotatable bonds is 2. The zero-order chi connectivity index (χ0) is 13.1. The Hall–Kier alpha value is -1.01. The van der Waals surface area contributed by atoms with Gasteiger partial charge in [-0.2, -0.15) is 5.26 Å². The molecule has 100 valence electrons. The second-order valence-corrected chi connectivity index (χ2v) is 6.93. The maximum absolute atomic E-state index is 9.35. The van der Waals surface area contributed by atoms with Gasteiger partial charge in [-0.05, 0) is 50.2 Å². The lowest BCUT2D eigenvalue weighted by Gasteiger charge is -2.22.